The van der Waals surface area contributed by atoms with E-state index in [1.54, 1.807) is 0 Å². The summed E-state index contributed by atoms with van der Waals surface area (Å²) >= 11 is 1.81. The van der Waals surface area contributed by atoms with E-state index >= 15 is 0 Å². The standard InChI is InChI=1S/C11H18N4S/c1-2-16-7-9-13-10(15-11(12)14-9)8-5-3-4-6-8/h8H,2-7H2,1H3,(H2,12,13,14,15). The lowest BCUT2D eigenvalue weighted by atomic mass is 10.1. The lowest BCUT2D eigenvalue weighted by molar-refractivity contribution is 0.657. The van der Waals surface area contributed by atoms with Gasteiger partial charge in [-0.25, -0.2) is 4.98 Å². The Kier molecular flexibility index (Phi) is 3.98. The summed E-state index contributed by atoms with van der Waals surface area (Å²) in [6.45, 7) is 2.13. The van der Waals surface area contributed by atoms with E-state index in [2.05, 4.69) is 21.9 Å². The minimum Gasteiger partial charge on any atom is -0.368 e. The fraction of sp³-hybridized carbons (Fsp3) is 0.727. The van der Waals surface area contributed by atoms with Gasteiger partial charge in [-0.2, -0.15) is 21.7 Å². The molecule has 2 N–H and O–H groups in total. The Morgan fingerprint density at radius 2 is 2.00 bits per heavy atom. The summed E-state index contributed by atoms with van der Waals surface area (Å²) in [5, 5.41) is 0. The van der Waals surface area contributed by atoms with Crippen LogP contribution in [0, 0.1) is 0 Å². The number of aromatic nitrogens is 3. The van der Waals surface area contributed by atoms with Crippen LogP contribution in [0.4, 0.5) is 5.95 Å². The molecule has 1 aliphatic carbocycles. The van der Waals surface area contributed by atoms with E-state index in [4.69, 9.17) is 5.73 Å². The molecule has 1 aromatic heterocycles. The van der Waals surface area contributed by atoms with Gasteiger partial charge in [-0.15, -0.1) is 0 Å². The van der Waals surface area contributed by atoms with Crippen LogP contribution in [-0.2, 0) is 5.75 Å². The van der Waals surface area contributed by atoms with Gasteiger partial charge in [0.15, 0.2) is 0 Å². The van der Waals surface area contributed by atoms with Crippen LogP contribution in [0.2, 0.25) is 0 Å². The third-order valence-corrected chi connectivity index (χ3v) is 3.74. The number of nitrogen functional groups attached to an aromatic ring is 1. The Hall–Kier alpha value is -0.840. The van der Waals surface area contributed by atoms with Gasteiger partial charge in [0.2, 0.25) is 5.95 Å². The first-order valence-corrected chi connectivity index (χ1v) is 7.03. The molecule has 0 saturated heterocycles. The van der Waals surface area contributed by atoms with Crippen LogP contribution in [0.25, 0.3) is 0 Å². The second-order valence-electron chi connectivity index (χ2n) is 4.09. The number of thioether (sulfide) groups is 1. The zero-order chi connectivity index (χ0) is 11.4. The minimum absolute atomic E-state index is 0.378. The van der Waals surface area contributed by atoms with Gasteiger partial charge in [-0.1, -0.05) is 19.8 Å². The van der Waals surface area contributed by atoms with Crippen molar-refractivity contribution in [3.63, 3.8) is 0 Å². The van der Waals surface area contributed by atoms with Crippen molar-refractivity contribution in [2.24, 2.45) is 0 Å². The summed E-state index contributed by atoms with van der Waals surface area (Å²) in [5.74, 6) is 4.55. The number of rotatable bonds is 4. The number of hydrogen-bond donors (Lipinski definition) is 1. The van der Waals surface area contributed by atoms with E-state index in [9.17, 15) is 0 Å². The predicted octanol–water partition coefficient (Wildman–Crippen LogP) is 2.36. The molecule has 5 heteroatoms. The Morgan fingerprint density at radius 1 is 1.25 bits per heavy atom. The van der Waals surface area contributed by atoms with Crippen molar-refractivity contribution in [3.05, 3.63) is 11.6 Å². The maximum atomic E-state index is 5.73. The van der Waals surface area contributed by atoms with E-state index in [1.807, 2.05) is 11.8 Å². The maximum absolute atomic E-state index is 5.73. The van der Waals surface area contributed by atoms with Crippen LogP contribution in [0.5, 0.6) is 0 Å². The Labute approximate surface area is 100 Å². The van der Waals surface area contributed by atoms with E-state index < -0.39 is 0 Å². The molecule has 1 fully saturated rings. The van der Waals surface area contributed by atoms with Crippen molar-refractivity contribution in [2.45, 2.75) is 44.3 Å². The molecular formula is C11H18N4S. The molecule has 1 heterocycles. The van der Waals surface area contributed by atoms with Crippen LogP contribution in [-0.4, -0.2) is 20.7 Å². The fourth-order valence-electron chi connectivity index (χ4n) is 2.08. The first kappa shape index (κ1) is 11.6. The molecule has 0 bridgehead atoms. The molecule has 2 rings (SSSR count). The molecule has 88 valence electrons. The second-order valence-corrected chi connectivity index (χ2v) is 5.36. The zero-order valence-electron chi connectivity index (χ0n) is 9.65. The van der Waals surface area contributed by atoms with Crippen LogP contribution >= 0.6 is 11.8 Å². The van der Waals surface area contributed by atoms with E-state index in [0.717, 1.165) is 23.2 Å². The first-order valence-electron chi connectivity index (χ1n) is 5.87. The van der Waals surface area contributed by atoms with Crippen molar-refractivity contribution < 1.29 is 0 Å². The summed E-state index contributed by atoms with van der Waals surface area (Å²) in [6.07, 6.45) is 4.97. The summed E-state index contributed by atoms with van der Waals surface area (Å²) in [6, 6.07) is 0. The highest BCUT2D eigenvalue weighted by molar-refractivity contribution is 7.98. The molecule has 0 unspecified atom stereocenters. The van der Waals surface area contributed by atoms with Gasteiger partial charge in [0, 0.05) is 5.92 Å². The molecule has 1 aliphatic rings. The van der Waals surface area contributed by atoms with Gasteiger partial charge in [0.05, 0.1) is 5.75 Å². The predicted molar refractivity (Wildman–Crippen MR) is 67.3 cm³/mol. The third-order valence-electron chi connectivity index (χ3n) is 2.87. The van der Waals surface area contributed by atoms with Gasteiger partial charge < -0.3 is 5.73 Å². The second kappa shape index (κ2) is 5.48. The minimum atomic E-state index is 0.378. The highest BCUT2D eigenvalue weighted by Crippen LogP contribution is 2.32. The number of hydrogen-bond acceptors (Lipinski definition) is 5. The molecule has 0 amide bonds. The van der Waals surface area contributed by atoms with Crippen LogP contribution < -0.4 is 5.73 Å². The number of nitrogens with two attached hydrogens (primary N) is 1. The molecule has 0 aliphatic heterocycles. The average molecular weight is 238 g/mol. The van der Waals surface area contributed by atoms with Gasteiger partial charge in [-0.05, 0) is 18.6 Å². The van der Waals surface area contributed by atoms with Gasteiger partial charge in [0.25, 0.3) is 0 Å². The quantitative estimate of drug-likeness (QED) is 0.872. The smallest absolute Gasteiger partial charge is 0.223 e. The maximum Gasteiger partial charge on any atom is 0.223 e. The molecular weight excluding hydrogens is 220 g/mol. The Morgan fingerprint density at radius 3 is 2.69 bits per heavy atom. The van der Waals surface area contributed by atoms with E-state index in [-0.39, 0.29) is 0 Å². The molecule has 0 atom stereocenters. The highest BCUT2D eigenvalue weighted by atomic mass is 32.2. The van der Waals surface area contributed by atoms with Crippen LogP contribution in [0.3, 0.4) is 0 Å². The molecule has 1 saturated carbocycles. The summed E-state index contributed by atoms with van der Waals surface area (Å²) < 4.78 is 0. The average Bonchev–Trinajstić information content (AvgIpc) is 2.79. The van der Waals surface area contributed by atoms with Gasteiger partial charge in [0.1, 0.15) is 11.6 Å². The lowest BCUT2D eigenvalue weighted by Crippen LogP contribution is -2.09. The van der Waals surface area contributed by atoms with Crippen molar-refractivity contribution in [1.29, 1.82) is 0 Å². The third kappa shape index (κ3) is 2.84. The van der Waals surface area contributed by atoms with Crippen LogP contribution in [0.1, 0.15) is 50.2 Å². The summed E-state index contributed by atoms with van der Waals surface area (Å²) in [7, 11) is 0. The van der Waals surface area contributed by atoms with E-state index in [0.29, 0.717) is 11.9 Å². The lowest BCUT2D eigenvalue weighted by Gasteiger charge is -2.09. The van der Waals surface area contributed by atoms with E-state index in [1.165, 1.54) is 25.7 Å². The Balaban J connectivity index is 2.14. The van der Waals surface area contributed by atoms with Crippen molar-refractivity contribution in [3.8, 4) is 0 Å². The fourth-order valence-corrected chi connectivity index (χ4v) is 2.60. The monoisotopic (exact) mass is 238 g/mol. The topological polar surface area (TPSA) is 64.7 Å². The Bertz CT molecular complexity index is 350. The number of anilines is 1. The zero-order valence-corrected chi connectivity index (χ0v) is 10.5. The molecule has 0 spiro atoms. The number of nitrogens with zero attached hydrogens (tertiary/aromatic N) is 3. The molecule has 0 aromatic carbocycles. The summed E-state index contributed by atoms with van der Waals surface area (Å²) in [5.41, 5.74) is 5.73. The van der Waals surface area contributed by atoms with Crippen LogP contribution in [0.15, 0.2) is 0 Å². The van der Waals surface area contributed by atoms with Crippen molar-refractivity contribution >= 4 is 17.7 Å². The molecule has 4 nitrogen and oxygen atoms in total. The molecule has 0 radical (unpaired) electrons. The first-order chi connectivity index (χ1) is 7.79. The molecule has 16 heavy (non-hydrogen) atoms. The van der Waals surface area contributed by atoms with Crippen molar-refractivity contribution in [1.82, 2.24) is 15.0 Å². The largest absolute Gasteiger partial charge is 0.368 e. The normalized spacial score (nSPS) is 16.8. The van der Waals surface area contributed by atoms with Crippen molar-refractivity contribution in [2.75, 3.05) is 11.5 Å². The molecule has 1 aromatic rings. The SMILES string of the molecule is CCSCc1nc(N)nc(C2CCCC2)n1. The summed E-state index contributed by atoms with van der Waals surface area (Å²) in [4.78, 5) is 13.0. The van der Waals surface area contributed by atoms with Gasteiger partial charge >= 0.3 is 0 Å². The van der Waals surface area contributed by atoms with Gasteiger partial charge in [-0.3, -0.25) is 0 Å². The highest BCUT2D eigenvalue weighted by Gasteiger charge is 2.20.